The minimum absolute atomic E-state index is 0.287. The van der Waals surface area contributed by atoms with E-state index in [-0.39, 0.29) is 5.82 Å². The van der Waals surface area contributed by atoms with E-state index in [1.54, 1.807) is 25.5 Å². The Morgan fingerprint density at radius 3 is 2.89 bits per heavy atom. The van der Waals surface area contributed by atoms with Crippen molar-refractivity contribution >= 4 is 0 Å². The summed E-state index contributed by atoms with van der Waals surface area (Å²) in [5.74, 6) is -0.287. The van der Waals surface area contributed by atoms with Crippen LogP contribution in [-0.4, -0.2) is 14.7 Å². The molecule has 3 nitrogen and oxygen atoms in total. The molecule has 4 heteroatoms. The monoisotopic (exact) mass is 248 g/mol. The fraction of sp³-hybridized carbons (Fsp3) is 0.357. The molecule has 0 amide bonds. The van der Waals surface area contributed by atoms with Crippen LogP contribution >= 0.6 is 0 Å². The Hall–Kier alpha value is -1.68. The average molecular weight is 248 g/mol. The first-order valence-corrected chi connectivity index (χ1v) is 6.07. The fourth-order valence-corrected chi connectivity index (χ4v) is 2.09. The molecule has 0 aliphatic heterocycles. The molecule has 0 saturated carbocycles. The summed E-state index contributed by atoms with van der Waals surface area (Å²) < 4.78 is 15.0. The maximum Gasteiger partial charge on any atom is 0.123 e. The lowest BCUT2D eigenvalue weighted by Crippen LogP contribution is -2.09. The molecule has 0 fully saturated rings. The van der Waals surface area contributed by atoms with Crippen LogP contribution in [0, 0.1) is 12.7 Å². The number of imidazole rings is 1. The molecule has 1 atom stereocenters. The van der Waals surface area contributed by atoms with Gasteiger partial charge in [-0.15, -0.1) is 0 Å². The summed E-state index contributed by atoms with van der Waals surface area (Å²) in [6.07, 6.45) is 3.57. The Balaban J connectivity index is 2.35. The highest BCUT2D eigenvalue weighted by Gasteiger charge is 2.17. The van der Waals surface area contributed by atoms with Gasteiger partial charge in [-0.2, -0.15) is 0 Å². The average Bonchev–Trinajstić information content (AvgIpc) is 2.77. The lowest BCUT2D eigenvalue weighted by molar-refractivity contribution is 0.209. The van der Waals surface area contributed by atoms with Gasteiger partial charge in [0, 0.05) is 6.54 Å². The lowest BCUT2D eigenvalue weighted by atomic mass is 10.0. The number of halogens is 1. The number of aliphatic hydroxyl groups excluding tert-OH is 1. The minimum atomic E-state index is -0.764. The van der Waals surface area contributed by atoms with Gasteiger partial charge in [-0.1, -0.05) is 13.0 Å². The first kappa shape index (κ1) is 12.8. The molecule has 0 saturated heterocycles. The van der Waals surface area contributed by atoms with E-state index in [9.17, 15) is 9.50 Å². The van der Waals surface area contributed by atoms with Crippen LogP contribution in [0.25, 0.3) is 0 Å². The summed E-state index contributed by atoms with van der Waals surface area (Å²) in [5, 5.41) is 10.4. The third-order valence-electron chi connectivity index (χ3n) is 3.02. The number of nitrogens with zero attached hydrogens (tertiary/aromatic N) is 2. The number of hydrogen-bond donors (Lipinski definition) is 1. The first-order valence-electron chi connectivity index (χ1n) is 6.07. The van der Waals surface area contributed by atoms with Gasteiger partial charge in [0.1, 0.15) is 11.9 Å². The lowest BCUT2D eigenvalue weighted by Gasteiger charge is -2.15. The normalized spacial score (nSPS) is 12.7. The summed E-state index contributed by atoms with van der Waals surface area (Å²) >= 11 is 0. The summed E-state index contributed by atoms with van der Waals surface area (Å²) in [6.45, 7) is 4.67. The molecular weight excluding hydrogens is 231 g/mol. The van der Waals surface area contributed by atoms with Crippen molar-refractivity contribution in [1.82, 2.24) is 9.55 Å². The molecule has 1 aromatic heterocycles. The summed E-state index contributed by atoms with van der Waals surface area (Å²) in [6, 6.07) is 4.42. The molecule has 1 heterocycles. The molecule has 18 heavy (non-hydrogen) atoms. The van der Waals surface area contributed by atoms with Crippen LogP contribution < -0.4 is 0 Å². The predicted molar refractivity (Wildman–Crippen MR) is 67.7 cm³/mol. The summed E-state index contributed by atoms with van der Waals surface area (Å²) in [5.41, 5.74) is 2.20. The Bertz CT molecular complexity index is 536. The van der Waals surface area contributed by atoms with Crippen molar-refractivity contribution in [3.05, 3.63) is 53.4 Å². The zero-order valence-corrected chi connectivity index (χ0v) is 10.6. The molecule has 2 rings (SSSR count). The van der Waals surface area contributed by atoms with Gasteiger partial charge in [0.05, 0.1) is 18.2 Å². The largest absolute Gasteiger partial charge is 0.382 e. The van der Waals surface area contributed by atoms with Crippen LogP contribution in [0.5, 0.6) is 0 Å². The van der Waals surface area contributed by atoms with Gasteiger partial charge in [-0.25, -0.2) is 9.37 Å². The molecule has 0 aliphatic rings. The van der Waals surface area contributed by atoms with Crippen LogP contribution in [0.3, 0.4) is 0 Å². The number of aliphatic hydroxyl groups is 1. The van der Waals surface area contributed by atoms with E-state index in [1.165, 1.54) is 12.1 Å². The van der Waals surface area contributed by atoms with Crippen molar-refractivity contribution < 1.29 is 9.50 Å². The second kappa shape index (κ2) is 5.31. The highest BCUT2D eigenvalue weighted by atomic mass is 19.1. The van der Waals surface area contributed by atoms with Gasteiger partial charge in [0.15, 0.2) is 0 Å². The summed E-state index contributed by atoms with van der Waals surface area (Å²) in [7, 11) is 0. The van der Waals surface area contributed by atoms with E-state index < -0.39 is 6.10 Å². The van der Waals surface area contributed by atoms with Crippen LogP contribution in [0.1, 0.15) is 36.3 Å². The standard InChI is InChI=1S/C14H17FN2O/c1-3-6-17-9-16-8-13(17)14(18)12-5-4-11(15)7-10(12)2/h4-5,7-9,14,18H,3,6H2,1-2H3. The van der Waals surface area contributed by atoms with Crippen molar-refractivity contribution in [3.8, 4) is 0 Å². The van der Waals surface area contributed by atoms with Gasteiger partial charge < -0.3 is 9.67 Å². The smallest absolute Gasteiger partial charge is 0.123 e. The van der Waals surface area contributed by atoms with Crippen molar-refractivity contribution in [2.45, 2.75) is 32.9 Å². The molecule has 1 N–H and O–H groups in total. The molecule has 0 spiro atoms. The number of aromatic nitrogens is 2. The number of aryl methyl sites for hydroxylation is 2. The Kier molecular flexibility index (Phi) is 3.77. The first-order chi connectivity index (χ1) is 8.63. The summed E-state index contributed by atoms with van der Waals surface area (Å²) in [4.78, 5) is 4.06. The van der Waals surface area contributed by atoms with Crippen molar-refractivity contribution in [3.63, 3.8) is 0 Å². The van der Waals surface area contributed by atoms with Gasteiger partial charge in [-0.05, 0) is 36.6 Å². The van der Waals surface area contributed by atoms with E-state index in [0.29, 0.717) is 5.56 Å². The van der Waals surface area contributed by atoms with Gasteiger partial charge in [-0.3, -0.25) is 0 Å². The van der Waals surface area contributed by atoms with Crippen LogP contribution in [0.4, 0.5) is 4.39 Å². The SMILES string of the molecule is CCCn1cncc1C(O)c1ccc(F)cc1C. The minimum Gasteiger partial charge on any atom is -0.382 e. The zero-order valence-electron chi connectivity index (χ0n) is 10.6. The van der Waals surface area contributed by atoms with Gasteiger partial charge in [0.25, 0.3) is 0 Å². The maximum absolute atomic E-state index is 13.1. The third-order valence-corrected chi connectivity index (χ3v) is 3.02. The topological polar surface area (TPSA) is 38.0 Å². The second-order valence-corrected chi connectivity index (χ2v) is 4.42. The van der Waals surface area contributed by atoms with Crippen molar-refractivity contribution in [2.24, 2.45) is 0 Å². The second-order valence-electron chi connectivity index (χ2n) is 4.42. The Labute approximate surface area is 106 Å². The zero-order chi connectivity index (χ0) is 13.1. The van der Waals surface area contributed by atoms with Crippen LogP contribution in [0.15, 0.2) is 30.7 Å². The highest BCUT2D eigenvalue weighted by Crippen LogP contribution is 2.25. The van der Waals surface area contributed by atoms with Crippen LogP contribution in [-0.2, 0) is 6.54 Å². The predicted octanol–water partition coefficient (Wildman–Crippen LogP) is 2.82. The molecule has 0 bridgehead atoms. The van der Waals surface area contributed by atoms with E-state index >= 15 is 0 Å². The molecule has 2 aromatic rings. The van der Waals surface area contributed by atoms with E-state index in [2.05, 4.69) is 11.9 Å². The highest BCUT2D eigenvalue weighted by molar-refractivity contribution is 5.33. The number of rotatable bonds is 4. The van der Waals surface area contributed by atoms with Gasteiger partial charge in [0.2, 0.25) is 0 Å². The van der Waals surface area contributed by atoms with Gasteiger partial charge >= 0.3 is 0 Å². The number of hydrogen-bond acceptors (Lipinski definition) is 2. The number of benzene rings is 1. The molecule has 0 aliphatic carbocycles. The van der Waals surface area contributed by atoms with Crippen molar-refractivity contribution in [1.29, 1.82) is 0 Å². The molecule has 0 radical (unpaired) electrons. The van der Waals surface area contributed by atoms with Crippen LogP contribution in [0.2, 0.25) is 0 Å². The van der Waals surface area contributed by atoms with E-state index in [4.69, 9.17) is 0 Å². The molecule has 1 aromatic carbocycles. The Morgan fingerprint density at radius 1 is 1.44 bits per heavy atom. The van der Waals surface area contributed by atoms with E-state index in [0.717, 1.165) is 24.2 Å². The molecule has 96 valence electrons. The maximum atomic E-state index is 13.1. The quantitative estimate of drug-likeness (QED) is 0.903. The molecule has 1 unspecified atom stereocenters. The third kappa shape index (κ3) is 2.43. The Morgan fingerprint density at radius 2 is 2.22 bits per heavy atom. The van der Waals surface area contributed by atoms with Crippen molar-refractivity contribution in [2.75, 3.05) is 0 Å². The fourth-order valence-electron chi connectivity index (χ4n) is 2.09. The van der Waals surface area contributed by atoms with E-state index in [1.807, 2.05) is 4.57 Å². The molecular formula is C14H17FN2O.